The Morgan fingerprint density at radius 2 is 1.73 bits per heavy atom. The molecular weight excluding hydrogens is 601 g/mol. The minimum atomic E-state index is -4.70. The third kappa shape index (κ3) is 6.46. The Bertz CT molecular complexity index is 1550. The summed E-state index contributed by atoms with van der Waals surface area (Å²) in [6, 6.07) is 4.15. The Kier molecular flexibility index (Phi) is 9.02. The van der Waals surface area contributed by atoms with Crippen LogP contribution in [-0.4, -0.2) is 86.1 Å². The second-order valence-electron chi connectivity index (χ2n) is 11.3. The van der Waals surface area contributed by atoms with Crippen molar-refractivity contribution in [2.75, 3.05) is 44.6 Å². The standard InChI is InChI=1S/C29H34ClF3N8O3/c1-17(2)41-16-21(24(37-41)29(31,32)33)23-15-35-25(38(23)3)26(42)36-19-4-5-20(22(30)14-19)28(44)40-12-10-39(11-13-40)27(43)18-6-8-34-9-7-18/h4-5,14-18,34H,6-13H2,1-3H3,(H,36,42). The van der Waals surface area contributed by atoms with E-state index in [2.05, 4.69) is 20.7 Å². The quantitative estimate of drug-likeness (QED) is 0.422. The lowest BCUT2D eigenvalue weighted by atomic mass is 9.96. The second-order valence-corrected chi connectivity index (χ2v) is 11.7. The molecule has 4 heterocycles. The third-order valence-electron chi connectivity index (χ3n) is 8.02. The van der Waals surface area contributed by atoms with Crippen molar-refractivity contribution in [2.24, 2.45) is 13.0 Å². The number of halogens is 4. The fourth-order valence-electron chi connectivity index (χ4n) is 5.50. The largest absolute Gasteiger partial charge is 0.435 e. The summed E-state index contributed by atoms with van der Waals surface area (Å²) in [5.41, 5.74) is -0.650. The molecule has 15 heteroatoms. The summed E-state index contributed by atoms with van der Waals surface area (Å²) in [6.45, 7) is 6.77. The molecule has 5 rings (SSSR count). The molecule has 2 N–H and O–H groups in total. The zero-order valence-corrected chi connectivity index (χ0v) is 25.4. The number of carbonyl (C=O) groups is 3. The lowest BCUT2D eigenvalue weighted by molar-refractivity contribution is -0.141. The highest BCUT2D eigenvalue weighted by Crippen LogP contribution is 2.37. The molecule has 2 saturated heterocycles. The van der Waals surface area contributed by atoms with Crippen molar-refractivity contribution < 1.29 is 27.6 Å². The van der Waals surface area contributed by atoms with Crippen LogP contribution >= 0.6 is 11.6 Å². The number of piperidine rings is 1. The number of alkyl halides is 3. The van der Waals surface area contributed by atoms with E-state index in [9.17, 15) is 27.6 Å². The summed E-state index contributed by atoms with van der Waals surface area (Å²) < 4.78 is 43.6. The SMILES string of the molecule is CC(C)n1cc(-c2cnc(C(=O)Nc3ccc(C(=O)N4CCN(C(=O)C5CCNCC5)CC4)c(Cl)c3)n2C)c(C(F)(F)F)n1. The molecule has 236 valence electrons. The van der Waals surface area contributed by atoms with Gasteiger partial charge in [0.1, 0.15) is 0 Å². The highest BCUT2D eigenvalue weighted by molar-refractivity contribution is 6.34. The maximum Gasteiger partial charge on any atom is 0.435 e. The van der Waals surface area contributed by atoms with Crippen molar-refractivity contribution in [1.82, 2.24) is 34.4 Å². The van der Waals surface area contributed by atoms with Crippen molar-refractivity contribution in [3.63, 3.8) is 0 Å². The molecule has 0 unspecified atom stereocenters. The van der Waals surface area contributed by atoms with E-state index in [4.69, 9.17) is 11.6 Å². The van der Waals surface area contributed by atoms with Gasteiger partial charge in [0.05, 0.1) is 28.0 Å². The topological polar surface area (TPSA) is 117 Å². The fraction of sp³-hybridized carbons (Fsp3) is 0.483. The monoisotopic (exact) mass is 634 g/mol. The van der Waals surface area contributed by atoms with E-state index in [1.165, 1.54) is 46.9 Å². The number of hydrogen-bond acceptors (Lipinski definition) is 6. The lowest BCUT2D eigenvalue weighted by Crippen LogP contribution is -2.52. The number of nitrogens with zero attached hydrogens (tertiary/aromatic N) is 6. The number of aromatic nitrogens is 4. The smallest absolute Gasteiger partial charge is 0.339 e. The molecule has 2 aliphatic heterocycles. The van der Waals surface area contributed by atoms with E-state index in [-0.39, 0.29) is 57.1 Å². The molecule has 0 aliphatic carbocycles. The van der Waals surface area contributed by atoms with Gasteiger partial charge in [-0.1, -0.05) is 11.6 Å². The average molecular weight is 635 g/mol. The first-order valence-corrected chi connectivity index (χ1v) is 14.8. The number of benzene rings is 1. The van der Waals surface area contributed by atoms with Gasteiger partial charge >= 0.3 is 6.18 Å². The molecule has 1 aromatic carbocycles. The molecule has 44 heavy (non-hydrogen) atoms. The van der Waals surface area contributed by atoms with Crippen LogP contribution in [0.4, 0.5) is 18.9 Å². The van der Waals surface area contributed by atoms with Gasteiger partial charge in [0, 0.05) is 57.1 Å². The molecule has 3 amide bonds. The summed E-state index contributed by atoms with van der Waals surface area (Å²) in [5.74, 6) is -0.915. The number of amides is 3. The first-order valence-electron chi connectivity index (χ1n) is 14.4. The van der Waals surface area contributed by atoms with Gasteiger partial charge in [0.15, 0.2) is 11.5 Å². The van der Waals surface area contributed by atoms with Crippen molar-refractivity contribution >= 4 is 35.0 Å². The third-order valence-corrected chi connectivity index (χ3v) is 8.33. The molecule has 2 fully saturated rings. The van der Waals surface area contributed by atoms with Crippen LogP contribution in [-0.2, 0) is 18.0 Å². The van der Waals surface area contributed by atoms with Gasteiger partial charge in [0.2, 0.25) is 5.91 Å². The fourth-order valence-corrected chi connectivity index (χ4v) is 5.77. The van der Waals surface area contributed by atoms with E-state index < -0.39 is 17.8 Å². The van der Waals surface area contributed by atoms with E-state index in [1.807, 2.05) is 4.90 Å². The lowest BCUT2D eigenvalue weighted by Gasteiger charge is -2.37. The molecule has 0 spiro atoms. The number of carbonyl (C=O) groups excluding carboxylic acids is 3. The highest BCUT2D eigenvalue weighted by atomic mass is 35.5. The summed E-state index contributed by atoms with van der Waals surface area (Å²) in [5, 5.41) is 9.73. The van der Waals surface area contributed by atoms with Gasteiger partial charge in [-0.05, 0) is 58.0 Å². The molecule has 0 saturated carbocycles. The first kappa shape index (κ1) is 31.5. The van der Waals surface area contributed by atoms with Gasteiger partial charge in [-0.3, -0.25) is 19.1 Å². The molecule has 2 aliphatic rings. The number of rotatable bonds is 6. The number of piperazine rings is 1. The number of hydrogen-bond donors (Lipinski definition) is 2. The van der Waals surface area contributed by atoms with Gasteiger partial charge in [0.25, 0.3) is 11.8 Å². The van der Waals surface area contributed by atoms with Crippen LogP contribution in [0, 0.1) is 5.92 Å². The summed E-state index contributed by atoms with van der Waals surface area (Å²) >= 11 is 6.45. The van der Waals surface area contributed by atoms with Crippen LogP contribution in [0.15, 0.2) is 30.6 Å². The predicted octanol–water partition coefficient (Wildman–Crippen LogP) is 4.07. The van der Waals surface area contributed by atoms with E-state index in [1.54, 1.807) is 18.7 Å². The molecule has 0 radical (unpaired) electrons. The molecule has 11 nitrogen and oxygen atoms in total. The van der Waals surface area contributed by atoms with Crippen molar-refractivity contribution in [3.8, 4) is 11.3 Å². The Balaban J connectivity index is 1.24. The first-order chi connectivity index (χ1) is 20.8. The van der Waals surface area contributed by atoms with Crippen LogP contribution in [0.5, 0.6) is 0 Å². The molecule has 0 bridgehead atoms. The van der Waals surface area contributed by atoms with Crippen LogP contribution < -0.4 is 10.6 Å². The van der Waals surface area contributed by atoms with Crippen molar-refractivity contribution in [2.45, 2.75) is 38.9 Å². The zero-order chi connectivity index (χ0) is 31.8. The van der Waals surface area contributed by atoms with E-state index in [0.29, 0.717) is 26.2 Å². The van der Waals surface area contributed by atoms with Crippen LogP contribution in [0.2, 0.25) is 5.02 Å². The maximum atomic E-state index is 13.7. The molecular formula is C29H34ClF3N8O3. The van der Waals surface area contributed by atoms with Gasteiger partial charge in [-0.25, -0.2) is 4.98 Å². The van der Waals surface area contributed by atoms with Gasteiger partial charge < -0.3 is 25.0 Å². The zero-order valence-electron chi connectivity index (χ0n) is 24.6. The van der Waals surface area contributed by atoms with Crippen LogP contribution in [0.25, 0.3) is 11.3 Å². The summed E-state index contributed by atoms with van der Waals surface area (Å²) in [4.78, 5) is 46.7. The van der Waals surface area contributed by atoms with Crippen molar-refractivity contribution in [3.05, 3.63) is 52.7 Å². The maximum absolute atomic E-state index is 13.7. The minimum absolute atomic E-state index is 0.0225. The number of anilines is 1. The second kappa shape index (κ2) is 12.6. The Morgan fingerprint density at radius 3 is 2.34 bits per heavy atom. The minimum Gasteiger partial charge on any atom is -0.339 e. The number of nitrogens with one attached hydrogen (secondary N) is 2. The normalized spacial score (nSPS) is 16.5. The molecule has 0 atom stereocenters. The van der Waals surface area contributed by atoms with E-state index in [0.717, 1.165) is 25.9 Å². The van der Waals surface area contributed by atoms with Gasteiger partial charge in [-0.15, -0.1) is 0 Å². The van der Waals surface area contributed by atoms with E-state index >= 15 is 0 Å². The molecule has 3 aromatic rings. The highest BCUT2D eigenvalue weighted by Gasteiger charge is 2.39. The van der Waals surface area contributed by atoms with Crippen LogP contribution in [0.3, 0.4) is 0 Å². The summed E-state index contributed by atoms with van der Waals surface area (Å²) in [6.07, 6.45) is -0.578. The molecule has 2 aromatic heterocycles. The summed E-state index contributed by atoms with van der Waals surface area (Å²) in [7, 11) is 1.44. The van der Waals surface area contributed by atoms with Crippen molar-refractivity contribution in [1.29, 1.82) is 0 Å². The number of imidazole rings is 1. The van der Waals surface area contributed by atoms with Gasteiger partial charge in [-0.2, -0.15) is 18.3 Å². The predicted molar refractivity (Wildman–Crippen MR) is 157 cm³/mol. The Labute approximate surface area is 257 Å². The van der Waals surface area contributed by atoms with Crippen LogP contribution in [0.1, 0.15) is 59.4 Å². The Hall–Kier alpha value is -3.91. The average Bonchev–Trinajstić information content (AvgIpc) is 3.61. The Morgan fingerprint density at radius 1 is 1.07 bits per heavy atom.